The zero-order valence-corrected chi connectivity index (χ0v) is 18.2. The number of nitrogens with zero attached hydrogens (tertiary/aromatic N) is 3. The van der Waals surface area contributed by atoms with Crippen LogP contribution < -0.4 is 11.2 Å². The number of hydrogen-bond acceptors (Lipinski definition) is 3. The van der Waals surface area contributed by atoms with Crippen LogP contribution >= 0.6 is 0 Å². The standard InChI is InChI=1S/C24H25F3N4O2/c1-29-9-2-4-20(29)19-14-31(22(33)28-21(19)32)11-3-10-30-13-18-12-23(18,15-30)16-5-7-17(8-6-16)24(25,26)27/h2,4-9,14,18H,3,10-13,15H2,1H3,(H,28,32,33)/t18-,23+/m0/s1. The molecule has 0 unspecified atom stereocenters. The summed E-state index contributed by atoms with van der Waals surface area (Å²) in [5.41, 5.74) is 0.676. The molecule has 2 atom stereocenters. The first-order valence-corrected chi connectivity index (χ1v) is 11.0. The maximum absolute atomic E-state index is 12.9. The molecule has 1 N–H and O–H groups in total. The summed E-state index contributed by atoms with van der Waals surface area (Å²) >= 11 is 0. The number of aryl methyl sites for hydroxylation is 2. The maximum atomic E-state index is 12.9. The summed E-state index contributed by atoms with van der Waals surface area (Å²) in [6.07, 6.45) is 0.875. The summed E-state index contributed by atoms with van der Waals surface area (Å²) in [7, 11) is 1.84. The van der Waals surface area contributed by atoms with Crippen LogP contribution in [-0.4, -0.2) is 38.7 Å². The Morgan fingerprint density at radius 2 is 1.88 bits per heavy atom. The number of benzene rings is 1. The van der Waals surface area contributed by atoms with Gasteiger partial charge in [0.1, 0.15) is 0 Å². The number of halogens is 3. The lowest BCUT2D eigenvalue weighted by Crippen LogP contribution is -2.32. The van der Waals surface area contributed by atoms with Crippen molar-refractivity contribution in [3.8, 4) is 11.3 Å². The second-order valence-corrected chi connectivity index (χ2v) is 9.22. The molecule has 1 saturated heterocycles. The van der Waals surface area contributed by atoms with Crippen LogP contribution in [0.4, 0.5) is 13.2 Å². The lowest BCUT2D eigenvalue weighted by Gasteiger charge is -2.21. The minimum atomic E-state index is -4.32. The Balaban J connectivity index is 1.22. The van der Waals surface area contributed by atoms with Gasteiger partial charge in [0.25, 0.3) is 5.56 Å². The molecule has 2 aromatic heterocycles. The van der Waals surface area contributed by atoms with E-state index in [1.54, 1.807) is 18.3 Å². The molecule has 1 aromatic carbocycles. The van der Waals surface area contributed by atoms with Gasteiger partial charge in [0.2, 0.25) is 0 Å². The van der Waals surface area contributed by atoms with E-state index in [-0.39, 0.29) is 5.41 Å². The third-order valence-electron chi connectivity index (χ3n) is 7.11. The quantitative estimate of drug-likeness (QED) is 0.617. The van der Waals surface area contributed by atoms with Crippen molar-refractivity contribution >= 4 is 0 Å². The molecular formula is C24H25F3N4O2. The predicted molar refractivity (Wildman–Crippen MR) is 118 cm³/mol. The number of nitrogens with one attached hydrogen (secondary N) is 1. The van der Waals surface area contributed by atoms with E-state index in [2.05, 4.69) is 9.88 Å². The first-order chi connectivity index (χ1) is 15.7. The molecule has 0 spiro atoms. The van der Waals surface area contributed by atoms with Gasteiger partial charge in [-0.25, -0.2) is 4.79 Å². The van der Waals surface area contributed by atoms with Crippen molar-refractivity contribution in [3.63, 3.8) is 0 Å². The lowest BCUT2D eigenvalue weighted by atomic mass is 9.94. The molecule has 33 heavy (non-hydrogen) atoms. The summed E-state index contributed by atoms with van der Waals surface area (Å²) in [6, 6.07) is 9.27. The van der Waals surface area contributed by atoms with Gasteiger partial charge >= 0.3 is 11.9 Å². The molecule has 9 heteroatoms. The van der Waals surface area contributed by atoms with Gasteiger partial charge in [-0.05, 0) is 55.1 Å². The van der Waals surface area contributed by atoms with Crippen molar-refractivity contribution in [2.45, 2.75) is 31.0 Å². The molecule has 0 bridgehead atoms. The van der Waals surface area contributed by atoms with E-state index in [1.165, 1.54) is 16.7 Å². The van der Waals surface area contributed by atoms with Crippen LogP contribution in [0.1, 0.15) is 24.0 Å². The number of aromatic amines is 1. The largest absolute Gasteiger partial charge is 0.416 e. The molecule has 5 rings (SSSR count). The highest BCUT2D eigenvalue weighted by Crippen LogP contribution is 2.59. The van der Waals surface area contributed by atoms with E-state index in [9.17, 15) is 22.8 Å². The Hall–Kier alpha value is -3.07. The van der Waals surface area contributed by atoms with Gasteiger partial charge in [0.05, 0.1) is 16.8 Å². The van der Waals surface area contributed by atoms with Gasteiger partial charge in [-0.3, -0.25) is 14.3 Å². The van der Waals surface area contributed by atoms with Crippen LogP contribution in [0.15, 0.2) is 58.4 Å². The van der Waals surface area contributed by atoms with Gasteiger partial charge in [-0.15, -0.1) is 0 Å². The van der Waals surface area contributed by atoms with Crippen LogP contribution in [0.2, 0.25) is 0 Å². The van der Waals surface area contributed by atoms with Crippen LogP contribution in [0.25, 0.3) is 11.3 Å². The van der Waals surface area contributed by atoms with Crippen molar-refractivity contribution in [1.29, 1.82) is 0 Å². The number of rotatable bonds is 6. The second-order valence-electron chi connectivity index (χ2n) is 9.22. The predicted octanol–water partition coefficient (Wildman–Crippen LogP) is 3.22. The molecule has 2 fully saturated rings. The average molecular weight is 458 g/mol. The highest BCUT2D eigenvalue weighted by molar-refractivity contribution is 5.57. The van der Waals surface area contributed by atoms with Crippen LogP contribution in [0, 0.1) is 5.92 Å². The fourth-order valence-corrected chi connectivity index (χ4v) is 5.26. The van der Waals surface area contributed by atoms with Crippen LogP contribution in [0.5, 0.6) is 0 Å². The molecule has 1 aliphatic heterocycles. The molecular weight excluding hydrogens is 433 g/mol. The van der Waals surface area contributed by atoms with Crippen molar-refractivity contribution in [2.75, 3.05) is 19.6 Å². The zero-order valence-electron chi connectivity index (χ0n) is 18.2. The fraction of sp³-hybridized carbons (Fsp3) is 0.417. The molecule has 6 nitrogen and oxygen atoms in total. The Bertz CT molecular complexity index is 1290. The number of H-pyrrole nitrogens is 1. The Morgan fingerprint density at radius 3 is 2.55 bits per heavy atom. The van der Waals surface area contributed by atoms with Gasteiger partial charge in [0.15, 0.2) is 0 Å². The Kier molecular flexibility index (Phi) is 5.12. The highest BCUT2D eigenvalue weighted by Gasteiger charge is 2.60. The third kappa shape index (κ3) is 3.94. The first kappa shape index (κ1) is 21.8. The minimum Gasteiger partial charge on any atom is -0.350 e. The zero-order chi connectivity index (χ0) is 23.4. The first-order valence-electron chi connectivity index (χ1n) is 11.0. The number of fused-ring (bicyclic) bond motifs is 1. The molecule has 2 aliphatic rings. The summed E-state index contributed by atoms with van der Waals surface area (Å²) in [5, 5.41) is 0. The highest BCUT2D eigenvalue weighted by atomic mass is 19.4. The summed E-state index contributed by atoms with van der Waals surface area (Å²) in [6.45, 7) is 2.99. The molecule has 3 aromatic rings. The van der Waals surface area contributed by atoms with E-state index < -0.39 is 23.0 Å². The average Bonchev–Trinajstić information content (AvgIpc) is 3.09. The van der Waals surface area contributed by atoms with E-state index in [1.807, 2.05) is 29.9 Å². The van der Waals surface area contributed by atoms with E-state index in [4.69, 9.17) is 0 Å². The number of likely N-dealkylation sites (tertiary alicyclic amines) is 1. The molecule has 174 valence electrons. The monoisotopic (exact) mass is 458 g/mol. The third-order valence-corrected chi connectivity index (χ3v) is 7.11. The van der Waals surface area contributed by atoms with Gasteiger partial charge < -0.3 is 9.47 Å². The summed E-state index contributed by atoms with van der Waals surface area (Å²) in [5.74, 6) is 0.467. The van der Waals surface area contributed by atoms with Crippen LogP contribution in [0.3, 0.4) is 0 Å². The smallest absolute Gasteiger partial charge is 0.350 e. The van der Waals surface area contributed by atoms with Gasteiger partial charge in [-0.2, -0.15) is 13.2 Å². The second kappa shape index (κ2) is 7.76. The number of aromatic nitrogens is 3. The Labute approximate surface area is 188 Å². The fourth-order valence-electron chi connectivity index (χ4n) is 5.26. The maximum Gasteiger partial charge on any atom is 0.416 e. The molecule has 1 saturated carbocycles. The van der Waals surface area contributed by atoms with Gasteiger partial charge in [-0.1, -0.05) is 12.1 Å². The van der Waals surface area contributed by atoms with E-state index in [0.29, 0.717) is 18.0 Å². The number of hydrogen-bond donors (Lipinski definition) is 1. The SMILES string of the molecule is Cn1cccc1-c1cn(CCCN2C[C@@H]3C[C@]3(c3ccc(C(F)(F)F)cc3)C2)c(=O)[nH]c1=O. The summed E-state index contributed by atoms with van der Waals surface area (Å²) < 4.78 is 42.0. The topological polar surface area (TPSA) is 63.0 Å². The van der Waals surface area contributed by atoms with Crippen molar-refractivity contribution in [1.82, 2.24) is 19.0 Å². The number of alkyl halides is 3. The van der Waals surface area contributed by atoms with Crippen molar-refractivity contribution < 1.29 is 13.2 Å². The lowest BCUT2D eigenvalue weighted by molar-refractivity contribution is -0.137. The molecule has 0 radical (unpaired) electrons. The molecule has 0 amide bonds. The van der Waals surface area contributed by atoms with Crippen LogP contribution in [-0.2, 0) is 25.2 Å². The molecule has 1 aliphatic carbocycles. The van der Waals surface area contributed by atoms with Crippen molar-refractivity contribution in [2.24, 2.45) is 13.0 Å². The van der Waals surface area contributed by atoms with E-state index >= 15 is 0 Å². The summed E-state index contributed by atoms with van der Waals surface area (Å²) in [4.78, 5) is 29.3. The Morgan fingerprint density at radius 1 is 1.12 bits per heavy atom. The van der Waals surface area contributed by atoms with Crippen molar-refractivity contribution in [3.05, 3.63) is 80.8 Å². The van der Waals surface area contributed by atoms with Gasteiger partial charge in [0, 0.05) is 44.5 Å². The molecule has 3 heterocycles. The normalized spacial score (nSPS) is 22.5. The number of piperidine rings is 1. The van der Waals surface area contributed by atoms with E-state index in [0.717, 1.165) is 43.7 Å². The minimum absolute atomic E-state index is 0.0430.